The molecule has 1 amide bonds. The zero-order valence-corrected chi connectivity index (χ0v) is 16.8. The first-order valence-corrected chi connectivity index (χ1v) is 9.15. The second-order valence-electron chi connectivity index (χ2n) is 5.97. The van der Waals surface area contributed by atoms with Gasteiger partial charge in [0.2, 0.25) is 5.69 Å². The molecule has 3 aromatic rings. The highest BCUT2D eigenvalue weighted by molar-refractivity contribution is 6.32. The molecule has 31 heavy (non-hydrogen) atoms. The second kappa shape index (κ2) is 9.90. The van der Waals surface area contributed by atoms with Crippen molar-refractivity contribution in [3.63, 3.8) is 0 Å². The number of aromatic nitrogens is 2. The lowest BCUT2D eigenvalue weighted by atomic mass is 10.3. The Hall–Kier alpha value is -3.66. The van der Waals surface area contributed by atoms with Gasteiger partial charge in [-0.05, 0) is 30.3 Å². The van der Waals surface area contributed by atoms with E-state index in [-0.39, 0.29) is 27.9 Å². The van der Waals surface area contributed by atoms with Gasteiger partial charge in [0.15, 0.2) is 12.4 Å². The minimum Gasteiger partial charge on any atom is -0.493 e. The molecule has 0 unspecified atom stereocenters. The number of anilines is 1. The predicted octanol–water partition coefficient (Wildman–Crippen LogP) is 3.93. The minimum atomic E-state index is -3.03. The Morgan fingerprint density at radius 1 is 1.16 bits per heavy atom. The van der Waals surface area contributed by atoms with Crippen LogP contribution in [0.5, 0.6) is 11.5 Å². The Morgan fingerprint density at radius 3 is 2.55 bits per heavy atom. The summed E-state index contributed by atoms with van der Waals surface area (Å²) in [6.45, 7) is -3.65. The van der Waals surface area contributed by atoms with Gasteiger partial charge in [0.1, 0.15) is 5.75 Å². The van der Waals surface area contributed by atoms with Gasteiger partial charge >= 0.3 is 12.6 Å². The van der Waals surface area contributed by atoms with E-state index in [1.165, 1.54) is 36.2 Å². The van der Waals surface area contributed by atoms with Crippen LogP contribution in [0.25, 0.3) is 5.69 Å². The molecule has 3 rings (SSSR count). The van der Waals surface area contributed by atoms with Crippen LogP contribution < -0.4 is 14.8 Å². The normalized spacial score (nSPS) is 10.6. The number of amides is 1. The highest BCUT2D eigenvalue weighted by atomic mass is 35.5. The van der Waals surface area contributed by atoms with Gasteiger partial charge in [-0.1, -0.05) is 29.8 Å². The van der Waals surface area contributed by atoms with Crippen molar-refractivity contribution in [2.24, 2.45) is 0 Å². The summed E-state index contributed by atoms with van der Waals surface area (Å²) in [7, 11) is 1.38. The summed E-state index contributed by atoms with van der Waals surface area (Å²) in [6.07, 6.45) is 1.51. The van der Waals surface area contributed by atoms with Gasteiger partial charge in [-0.2, -0.15) is 13.9 Å². The third-order valence-electron chi connectivity index (χ3n) is 3.88. The molecule has 8 nitrogen and oxygen atoms in total. The van der Waals surface area contributed by atoms with Gasteiger partial charge in [0, 0.05) is 5.69 Å². The predicted molar refractivity (Wildman–Crippen MR) is 107 cm³/mol. The average molecular weight is 452 g/mol. The van der Waals surface area contributed by atoms with Crippen LogP contribution in [-0.2, 0) is 9.53 Å². The van der Waals surface area contributed by atoms with Gasteiger partial charge in [-0.15, -0.1) is 0 Å². The molecule has 0 radical (unpaired) electrons. The molecule has 0 spiro atoms. The van der Waals surface area contributed by atoms with Crippen molar-refractivity contribution in [1.29, 1.82) is 0 Å². The summed E-state index contributed by atoms with van der Waals surface area (Å²) < 4.78 is 40.3. The van der Waals surface area contributed by atoms with Gasteiger partial charge < -0.3 is 19.5 Å². The number of nitrogens with one attached hydrogen (secondary N) is 1. The third kappa shape index (κ3) is 5.70. The van der Waals surface area contributed by atoms with E-state index in [0.717, 1.165) is 0 Å². The molecule has 1 N–H and O–H groups in total. The van der Waals surface area contributed by atoms with Crippen LogP contribution in [0.2, 0.25) is 5.02 Å². The first kappa shape index (κ1) is 22.0. The van der Waals surface area contributed by atoms with Gasteiger partial charge in [-0.25, -0.2) is 9.48 Å². The lowest BCUT2D eigenvalue weighted by molar-refractivity contribution is -0.119. The molecule has 0 aliphatic rings. The molecule has 0 saturated heterocycles. The van der Waals surface area contributed by atoms with E-state index in [0.29, 0.717) is 5.69 Å². The van der Waals surface area contributed by atoms with E-state index in [9.17, 15) is 18.4 Å². The summed E-state index contributed by atoms with van der Waals surface area (Å²) in [4.78, 5) is 24.4. The van der Waals surface area contributed by atoms with Gasteiger partial charge in [-0.3, -0.25) is 4.79 Å². The first-order chi connectivity index (χ1) is 14.9. The van der Waals surface area contributed by atoms with E-state index in [1.54, 1.807) is 12.1 Å². The number of rotatable bonds is 8. The van der Waals surface area contributed by atoms with Crippen molar-refractivity contribution in [3.05, 3.63) is 65.4 Å². The van der Waals surface area contributed by atoms with Crippen LogP contribution >= 0.6 is 11.6 Å². The average Bonchev–Trinajstić information content (AvgIpc) is 3.19. The summed E-state index contributed by atoms with van der Waals surface area (Å²) in [6, 6.07) is 12.8. The van der Waals surface area contributed by atoms with Crippen molar-refractivity contribution in [3.8, 4) is 17.2 Å². The number of para-hydroxylation sites is 1. The maximum absolute atomic E-state index is 12.4. The van der Waals surface area contributed by atoms with E-state index in [2.05, 4.69) is 15.2 Å². The molecule has 162 valence electrons. The monoisotopic (exact) mass is 451 g/mol. The quantitative estimate of drug-likeness (QED) is 0.522. The van der Waals surface area contributed by atoms with Crippen LogP contribution in [0.3, 0.4) is 0 Å². The molecule has 0 atom stereocenters. The number of carbonyl (C=O) groups is 2. The molecule has 2 aromatic carbocycles. The van der Waals surface area contributed by atoms with Gasteiger partial charge in [0.25, 0.3) is 5.91 Å². The van der Waals surface area contributed by atoms with Crippen LogP contribution in [0.4, 0.5) is 14.5 Å². The van der Waals surface area contributed by atoms with E-state index in [4.69, 9.17) is 21.1 Å². The fourth-order valence-corrected chi connectivity index (χ4v) is 2.75. The Labute approximate surface area is 180 Å². The maximum Gasteiger partial charge on any atom is 0.387 e. The number of methoxy groups -OCH3 is 1. The fourth-order valence-electron chi connectivity index (χ4n) is 2.53. The van der Waals surface area contributed by atoms with Crippen LogP contribution in [0.15, 0.2) is 54.7 Å². The summed E-state index contributed by atoms with van der Waals surface area (Å²) in [5.74, 6) is -1.59. The Morgan fingerprint density at radius 2 is 1.90 bits per heavy atom. The lowest BCUT2D eigenvalue weighted by Crippen LogP contribution is -2.21. The molecule has 1 aromatic heterocycles. The summed E-state index contributed by atoms with van der Waals surface area (Å²) in [5.41, 5.74) is 0.808. The Kier molecular flexibility index (Phi) is 7.03. The number of nitrogens with zero attached hydrogens (tertiary/aromatic N) is 2. The molecule has 1 heterocycles. The van der Waals surface area contributed by atoms with E-state index >= 15 is 0 Å². The number of carbonyl (C=O) groups excluding carboxylic acids is 2. The highest BCUT2D eigenvalue weighted by Crippen LogP contribution is 2.29. The van der Waals surface area contributed by atoms with Gasteiger partial charge in [0.05, 0.1) is 24.0 Å². The number of hydrogen-bond donors (Lipinski definition) is 1. The largest absolute Gasteiger partial charge is 0.493 e. The highest BCUT2D eigenvalue weighted by Gasteiger charge is 2.21. The molecule has 0 bridgehead atoms. The molecular formula is C20H16ClF2N3O5. The molecular weight excluding hydrogens is 436 g/mol. The molecule has 11 heteroatoms. The standard InChI is InChI=1S/C20H16ClF2N3O5/c1-29-16-10-26(13-5-3-2-4-6-13)25-18(16)19(28)30-11-17(27)24-12-7-8-15(14(21)9-12)31-20(22)23/h2-10,20H,11H2,1H3,(H,24,27). The lowest BCUT2D eigenvalue weighted by Gasteiger charge is -2.10. The zero-order valence-electron chi connectivity index (χ0n) is 16.1. The van der Waals surface area contributed by atoms with Crippen LogP contribution in [-0.4, -0.2) is 42.0 Å². The molecule has 0 aliphatic carbocycles. The minimum absolute atomic E-state index is 0.101. The third-order valence-corrected chi connectivity index (χ3v) is 4.18. The SMILES string of the molecule is COc1cn(-c2ccccc2)nc1C(=O)OCC(=O)Nc1ccc(OC(F)F)c(Cl)c1. The summed E-state index contributed by atoms with van der Waals surface area (Å²) in [5, 5.41) is 6.46. The zero-order chi connectivity index (χ0) is 22.4. The summed E-state index contributed by atoms with van der Waals surface area (Å²) >= 11 is 5.83. The van der Waals surface area contributed by atoms with E-state index < -0.39 is 25.1 Å². The molecule has 0 aliphatic heterocycles. The number of hydrogen-bond acceptors (Lipinski definition) is 6. The smallest absolute Gasteiger partial charge is 0.387 e. The molecule has 0 saturated carbocycles. The molecule has 0 fully saturated rings. The maximum atomic E-state index is 12.4. The van der Waals surface area contributed by atoms with Crippen LogP contribution in [0.1, 0.15) is 10.5 Å². The second-order valence-corrected chi connectivity index (χ2v) is 6.38. The Bertz CT molecular complexity index is 1080. The number of alkyl halides is 2. The van der Waals surface area contributed by atoms with Crippen LogP contribution in [0, 0.1) is 0 Å². The topological polar surface area (TPSA) is 91.7 Å². The number of ether oxygens (including phenoxy) is 3. The number of benzene rings is 2. The number of esters is 1. The Balaban J connectivity index is 1.61. The number of halogens is 3. The van der Waals surface area contributed by atoms with Crippen molar-refractivity contribution < 1.29 is 32.6 Å². The van der Waals surface area contributed by atoms with Crippen molar-refractivity contribution in [2.75, 3.05) is 19.0 Å². The van der Waals surface area contributed by atoms with Crippen molar-refractivity contribution in [2.45, 2.75) is 6.61 Å². The fraction of sp³-hybridized carbons (Fsp3) is 0.150. The van der Waals surface area contributed by atoms with E-state index in [1.807, 2.05) is 18.2 Å². The van der Waals surface area contributed by atoms with Crippen molar-refractivity contribution in [1.82, 2.24) is 9.78 Å². The van der Waals surface area contributed by atoms with Crippen molar-refractivity contribution >= 4 is 29.2 Å². The first-order valence-electron chi connectivity index (χ1n) is 8.78.